The second-order valence-corrected chi connectivity index (χ2v) is 4.20. The van der Waals surface area contributed by atoms with Crippen LogP contribution in [-0.2, 0) is 11.2 Å². The van der Waals surface area contributed by atoms with Crippen LogP contribution in [0.2, 0.25) is 10.0 Å². The number of halogens is 2. The number of benzene rings is 1. The van der Waals surface area contributed by atoms with Gasteiger partial charge in [0, 0.05) is 0 Å². The number of amides is 1. The van der Waals surface area contributed by atoms with Crippen LogP contribution in [0.3, 0.4) is 0 Å². The minimum absolute atomic E-state index is 0.135. The van der Waals surface area contributed by atoms with Gasteiger partial charge in [-0.25, -0.2) is 0 Å². The molecule has 0 radical (unpaired) electrons. The van der Waals surface area contributed by atoms with Gasteiger partial charge in [0.2, 0.25) is 5.91 Å². The molecule has 0 heterocycles. The predicted octanol–water partition coefficient (Wildman–Crippen LogP) is 2.67. The first-order chi connectivity index (χ1) is 7.52. The zero-order valence-electron chi connectivity index (χ0n) is 8.76. The van der Waals surface area contributed by atoms with Crippen LogP contribution >= 0.6 is 23.2 Å². The molecule has 4 heteroatoms. The van der Waals surface area contributed by atoms with Gasteiger partial charge in [0.25, 0.3) is 0 Å². The van der Waals surface area contributed by atoms with E-state index in [4.69, 9.17) is 29.6 Å². The van der Waals surface area contributed by atoms with Gasteiger partial charge in [-0.2, -0.15) is 0 Å². The van der Waals surface area contributed by atoms with Crippen LogP contribution in [0.5, 0.6) is 0 Å². The first kappa shape index (κ1) is 12.9. The van der Waals surface area contributed by atoms with Gasteiger partial charge in [0.05, 0.1) is 22.5 Å². The van der Waals surface area contributed by atoms with Crippen molar-refractivity contribution in [3.8, 4) is 12.3 Å². The molecule has 1 N–H and O–H groups in total. The minimum atomic E-state index is -0.268. The molecule has 0 saturated heterocycles. The fraction of sp³-hybridized carbons (Fsp3) is 0.250. The van der Waals surface area contributed by atoms with Crippen molar-refractivity contribution in [1.82, 2.24) is 5.32 Å². The van der Waals surface area contributed by atoms with Gasteiger partial charge >= 0.3 is 0 Å². The van der Waals surface area contributed by atoms with E-state index in [2.05, 4.69) is 11.2 Å². The van der Waals surface area contributed by atoms with Crippen molar-refractivity contribution in [3.05, 3.63) is 33.8 Å². The van der Waals surface area contributed by atoms with Crippen molar-refractivity contribution >= 4 is 29.1 Å². The third-order valence-corrected chi connectivity index (χ3v) is 2.72. The zero-order valence-corrected chi connectivity index (χ0v) is 10.3. The summed E-state index contributed by atoms with van der Waals surface area (Å²) >= 11 is 11.6. The van der Waals surface area contributed by atoms with E-state index >= 15 is 0 Å². The van der Waals surface area contributed by atoms with Crippen LogP contribution in [0.15, 0.2) is 18.2 Å². The van der Waals surface area contributed by atoms with Gasteiger partial charge in [-0.1, -0.05) is 35.2 Å². The fourth-order valence-corrected chi connectivity index (χ4v) is 1.49. The maximum atomic E-state index is 11.5. The SMILES string of the molecule is C#CC(C)NC(=O)Cc1ccc(Cl)c(Cl)c1. The van der Waals surface area contributed by atoms with E-state index in [1.807, 2.05) is 0 Å². The Bertz CT molecular complexity index is 437. The van der Waals surface area contributed by atoms with Gasteiger partial charge in [-0.05, 0) is 24.6 Å². The van der Waals surface area contributed by atoms with Crippen LogP contribution in [0, 0.1) is 12.3 Å². The first-order valence-electron chi connectivity index (χ1n) is 4.72. The quantitative estimate of drug-likeness (QED) is 0.827. The highest BCUT2D eigenvalue weighted by molar-refractivity contribution is 6.42. The van der Waals surface area contributed by atoms with Crippen LogP contribution in [-0.4, -0.2) is 11.9 Å². The Morgan fingerprint density at radius 2 is 2.19 bits per heavy atom. The number of carbonyl (C=O) groups excluding carboxylic acids is 1. The molecule has 0 bridgehead atoms. The third kappa shape index (κ3) is 3.77. The Kier molecular flexibility index (Phi) is 4.67. The molecule has 2 nitrogen and oxygen atoms in total. The molecule has 1 rings (SSSR count). The Morgan fingerprint density at radius 1 is 1.50 bits per heavy atom. The van der Waals surface area contributed by atoms with Crippen LogP contribution < -0.4 is 5.32 Å². The second-order valence-electron chi connectivity index (χ2n) is 3.38. The molecular weight excluding hydrogens is 245 g/mol. The molecular formula is C12H11Cl2NO. The summed E-state index contributed by atoms with van der Waals surface area (Å²) < 4.78 is 0. The molecule has 16 heavy (non-hydrogen) atoms. The lowest BCUT2D eigenvalue weighted by molar-refractivity contribution is -0.120. The summed E-state index contributed by atoms with van der Waals surface area (Å²) in [6.07, 6.45) is 5.39. The lowest BCUT2D eigenvalue weighted by Gasteiger charge is -2.08. The van der Waals surface area contributed by atoms with Crippen molar-refractivity contribution < 1.29 is 4.79 Å². The molecule has 0 aliphatic heterocycles. The average molecular weight is 256 g/mol. The molecule has 0 saturated carbocycles. The maximum absolute atomic E-state index is 11.5. The van der Waals surface area contributed by atoms with Crippen LogP contribution in [0.1, 0.15) is 12.5 Å². The summed E-state index contributed by atoms with van der Waals surface area (Å²) in [5.74, 6) is 2.29. The number of rotatable bonds is 3. The highest BCUT2D eigenvalue weighted by Gasteiger charge is 2.07. The Labute approximate surface area is 105 Å². The van der Waals surface area contributed by atoms with Crippen LogP contribution in [0.25, 0.3) is 0 Å². The molecule has 84 valence electrons. The maximum Gasteiger partial charge on any atom is 0.225 e. The summed E-state index contributed by atoms with van der Waals surface area (Å²) in [6, 6.07) is 4.82. The summed E-state index contributed by atoms with van der Waals surface area (Å²) in [5, 5.41) is 3.58. The molecule has 0 aromatic heterocycles. The lowest BCUT2D eigenvalue weighted by atomic mass is 10.1. The van der Waals surface area contributed by atoms with E-state index in [1.54, 1.807) is 25.1 Å². The summed E-state index contributed by atoms with van der Waals surface area (Å²) in [5.41, 5.74) is 0.802. The third-order valence-electron chi connectivity index (χ3n) is 1.98. The fourth-order valence-electron chi connectivity index (χ4n) is 1.17. The van der Waals surface area contributed by atoms with Crippen LogP contribution in [0.4, 0.5) is 0 Å². The van der Waals surface area contributed by atoms with E-state index < -0.39 is 0 Å². The molecule has 1 unspecified atom stereocenters. The van der Waals surface area contributed by atoms with Gasteiger partial charge in [0.15, 0.2) is 0 Å². The number of hydrogen-bond donors (Lipinski definition) is 1. The Balaban J connectivity index is 2.64. The summed E-state index contributed by atoms with van der Waals surface area (Å²) in [6.45, 7) is 1.74. The van der Waals surface area contributed by atoms with Gasteiger partial charge in [-0.15, -0.1) is 6.42 Å². The molecule has 1 aromatic rings. The highest BCUT2D eigenvalue weighted by atomic mass is 35.5. The highest BCUT2D eigenvalue weighted by Crippen LogP contribution is 2.22. The summed E-state index contributed by atoms with van der Waals surface area (Å²) in [7, 11) is 0. The first-order valence-corrected chi connectivity index (χ1v) is 5.48. The van der Waals surface area contributed by atoms with Crippen molar-refractivity contribution in [2.75, 3.05) is 0 Å². The van der Waals surface area contributed by atoms with Gasteiger partial charge in [-0.3, -0.25) is 4.79 Å². The molecule has 1 amide bonds. The molecule has 0 fully saturated rings. The molecule has 0 spiro atoms. The number of carbonyl (C=O) groups is 1. The molecule has 1 atom stereocenters. The minimum Gasteiger partial charge on any atom is -0.342 e. The van der Waals surface area contributed by atoms with E-state index in [0.717, 1.165) is 5.56 Å². The monoisotopic (exact) mass is 255 g/mol. The van der Waals surface area contributed by atoms with E-state index in [9.17, 15) is 4.79 Å². The standard InChI is InChI=1S/C12H11Cl2NO/c1-3-8(2)15-12(16)7-9-4-5-10(13)11(14)6-9/h1,4-6,8H,7H2,2H3,(H,15,16). The van der Waals surface area contributed by atoms with E-state index in [1.165, 1.54) is 0 Å². The molecule has 0 aliphatic carbocycles. The largest absolute Gasteiger partial charge is 0.342 e. The lowest BCUT2D eigenvalue weighted by Crippen LogP contribution is -2.32. The zero-order chi connectivity index (χ0) is 12.1. The van der Waals surface area contributed by atoms with Crippen molar-refractivity contribution in [3.63, 3.8) is 0 Å². The van der Waals surface area contributed by atoms with Gasteiger partial charge in [0.1, 0.15) is 0 Å². The normalized spacial score (nSPS) is 11.6. The molecule has 1 aromatic carbocycles. The van der Waals surface area contributed by atoms with Crippen molar-refractivity contribution in [1.29, 1.82) is 0 Å². The van der Waals surface area contributed by atoms with E-state index in [0.29, 0.717) is 10.0 Å². The Morgan fingerprint density at radius 3 is 2.75 bits per heavy atom. The Hall–Kier alpha value is -1.17. The topological polar surface area (TPSA) is 29.1 Å². The number of terminal acetylenes is 1. The summed E-state index contributed by atoms with van der Waals surface area (Å²) in [4.78, 5) is 11.5. The molecule has 0 aliphatic rings. The van der Waals surface area contributed by atoms with Gasteiger partial charge < -0.3 is 5.32 Å². The smallest absolute Gasteiger partial charge is 0.225 e. The van der Waals surface area contributed by atoms with E-state index in [-0.39, 0.29) is 18.4 Å². The van der Waals surface area contributed by atoms with Crippen molar-refractivity contribution in [2.24, 2.45) is 0 Å². The predicted molar refractivity (Wildman–Crippen MR) is 66.6 cm³/mol. The van der Waals surface area contributed by atoms with Crippen molar-refractivity contribution in [2.45, 2.75) is 19.4 Å². The average Bonchev–Trinajstić information content (AvgIpc) is 2.23. The number of hydrogen-bond acceptors (Lipinski definition) is 1. The number of nitrogens with one attached hydrogen (secondary N) is 1. The second kappa shape index (κ2) is 5.79.